The van der Waals surface area contributed by atoms with Crippen LogP contribution < -0.4 is 0 Å². The van der Waals surface area contributed by atoms with Crippen molar-refractivity contribution in [2.24, 2.45) is 5.92 Å². The second-order valence-electron chi connectivity index (χ2n) is 5.31. The van der Waals surface area contributed by atoms with Crippen LogP contribution in [0.2, 0.25) is 0 Å². The van der Waals surface area contributed by atoms with Crippen molar-refractivity contribution in [2.75, 3.05) is 13.2 Å². The Kier molecular flexibility index (Phi) is 2.88. The summed E-state index contributed by atoms with van der Waals surface area (Å²) < 4.78 is 5.27. The molecule has 2 fully saturated rings. The van der Waals surface area contributed by atoms with Crippen molar-refractivity contribution >= 4 is 0 Å². The van der Waals surface area contributed by atoms with Crippen LogP contribution in [0.3, 0.4) is 0 Å². The van der Waals surface area contributed by atoms with Crippen molar-refractivity contribution in [3.8, 4) is 0 Å². The molecular formula is C12H19N3O2. The van der Waals surface area contributed by atoms with Crippen molar-refractivity contribution in [3.05, 3.63) is 11.7 Å². The fraction of sp³-hybridized carbons (Fsp3) is 0.833. The fourth-order valence-electron chi connectivity index (χ4n) is 2.59. The van der Waals surface area contributed by atoms with Crippen LogP contribution in [0.1, 0.15) is 43.8 Å². The molecule has 1 aliphatic carbocycles. The van der Waals surface area contributed by atoms with E-state index in [0.717, 1.165) is 18.8 Å². The van der Waals surface area contributed by atoms with Gasteiger partial charge >= 0.3 is 0 Å². The van der Waals surface area contributed by atoms with Crippen molar-refractivity contribution in [3.63, 3.8) is 0 Å². The van der Waals surface area contributed by atoms with Gasteiger partial charge in [-0.3, -0.25) is 4.90 Å². The number of rotatable bonds is 4. The molecule has 3 rings (SSSR count). The lowest BCUT2D eigenvalue weighted by molar-refractivity contribution is 0.123. The minimum atomic E-state index is 0.213. The smallest absolute Gasteiger partial charge is 0.240 e. The Balaban J connectivity index is 1.65. The van der Waals surface area contributed by atoms with Crippen LogP contribution in [-0.4, -0.2) is 39.3 Å². The summed E-state index contributed by atoms with van der Waals surface area (Å²) in [5, 5.41) is 13.4. The molecule has 5 heteroatoms. The number of nitrogens with zero attached hydrogens (tertiary/aromatic N) is 3. The van der Waals surface area contributed by atoms with Crippen molar-refractivity contribution in [1.29, 1.82) is 0 Å². The normalized spacial score (nSPS) is 30.0. The van der Waals surface area contributed by atoms with E-state index in [1.807, 2.05) is 0 Å². The second-order valence-corrected chi connectivity index (χ2v) is 5.31. The first-order chi connectivity index (χ1) is 8.28. The molecule has 5 nitrogen and oxygen atoms in total. The highest BCUT2D eigenvalue weighted by Gasteiger charge is 2.33. The minimum absolute atomic E-state index is 0.213. The Labute approximate surface area is 101 Å². The van der Waals surface area contributed by atoms with E-state index in [9.17, 15) is 5.11 Å². The average Bonchev–Trinajstić information content (AvgIpc) is 2.98. The molecule has 2 atom stereocenters. The van der Waals surface area contributed by atoms with E-state index in [4.69, 9.17) is 4.52 Å². The summed E-state index contributed by atoms with van der Waals surface area (Å²) in [7, 11) is 0. The van der Waals surface area contributed by atoms with Gasteiger partial charge in [-0.2, -0.15) is 4.98 Å². The number of aliphatic hydroxyl groups is 1. The van der Waals surface area contributed by atoms with Gasteiger partial charge in [-0.05, 0) is 31.7 Å². The van der Waals surface area contributed by atoms with Gasteiger partial charge in [0.25, 0.3) is 0 Å². The third kappa shape index (κ3) is 2.21. The zero-order valence-corrected chi connectivity index (χ0v) is 10.2. The molecule has 0 spiro atoms. The van der Waals surface area contributed by atoms with Crippen LogP contribution >= 0.6 is 0 Å². The number of hydrogen-bond acceptors (Lipinski definition) is 5. The van der Waals surface area contributed by atoms with Gasteiger partial charge in [0.2, 0.25) is 5.89 Å². The van der Waals surface area contributed by atoms with E-state index in [2.05, 4.69) is 22.0 Å². The highest BCUT2D eigenvalue weighted by atomic mass is 16.5. The fourth-order valence-corrected chi connectivity index (χ4v) is 2.59. The monoisotopic (exact) mass is 237 g/mol. The maximum absolute atomic E-state index is 9.38. The molecule has 0 radical (unpaired) electrons. The SMILES string of the molecule is CC1CCN(Cc2nc(C3CC3)no2)C1CO. The van der Waals surface area contributed by atoms with E-state index in [-0.39, 0.29) is 12.6 Å². The molecule has 0 aromatic carbocycles. The molecule has 1 saturated heterocycles. The number of aliphatic hydroxyl groups excluding tert-OH is 1. The molecule has 1 aromatic rings. The Bertz CT molecular complexity index is 389. The standard InChI is InChI=1S/C12H19N3O2/c1-8-4-5-15(10(8)7-16)6-11-13-12(14-17-11)9-2-3-9/h8-10,16H,2-7H2,1H3. The first kappa shape index (κ1) is 11.2. The Morgan fingerprint density at radius 2 is 2.24 bits per heavy atom. The zero-order chi connectivity index (χ0) is 11.8. The van der Waals surface area contributed by atoms with Gasteiger partial charge in [0, 0.05) is 12.0 Å². The second kappa shape index (κ2) is 4.38. The van der Waals surface area contributed by atoms with Crippen molar-refractivity contribution in [2.45, 2.75) is 44.7 Å². The summed E-state index contributed by atoms with van der Waals surface area (Å²) >= 11 is 0. The van der Waals surface area contributed by atoms with Gasteiger partial charge in [0.1, 0.15) is 0 Å². The molecule has 1 saturated carbocycles. The zero-order valence-electron chi connectivity index (χ0n) is 10.2. The largest absolute Gasteiger partial charge is 0.395 e. The maximum Gasteiger partial charge on any atom is 0.240 e. The molecule has 1 aromatic heterocycles. The van der Waals surface area contributed by atoms with E-state index in [0.29, 0.717) is 24.3 Å². The van der Waals surface area contributed by atoms with E-state index >= 15 is 0 Å². The van der Waals surface area contributed by atoms with Gasteiger partial charge in [-0.25, -0.2) is 0 Å². The Morgan fingerprint density at radius 3 is 2.94 bits per heavy atom. The van der Waals surface area contributed by atoms with Gasteiger partial charge in [-0.1, -0.05) is 12.1 Å². The van der Waals surface area contributed by atoms with Crippen LogP contribution in [0, 0.1) is 5.92 Å². The van der Waals surface area contributed by atoms with Gasteiger partial charge in [-0.15, -0.1) is 0 Å². The van der Waals surface area contributed by atoms with Crippen LogP contribution in [0.25, 0.3) is 0 Å². The van der Waals surface area contributed by atoms with Crippen molar-refractivity contribution < 1.29 is 9.63 Å². The summed E-state index contributed by atoms with van der Waals surface area (Å²) in [5.74, 6) is 2.65. The molecule has 2 aliphatic rings. The molecule has 0 amide bonds. The van der Waals surface area contributed by atoms with Crippen molar-refractivity contribution in [1.82, 2.24) is 15.0 Å². The molecule has 17 heavy (non-hydrogen) atoms. The molecular weight excluding hydrogens is 218 g/mol. The summed E-state index contributed by atoms with van der Waals surface area (Å²) in [5.41, 5.74) is 0. The van der Waals surface area contributed by atoms with E-state index < -0.39 is 0 Å². The predicted molar refractivity (Wildman–Crippen MR) is 61.3 cm³/mol. The molecule has 0 bridgehead atoms. The minimum Gasteiger partial charge on any atom is -0.395 e. The van der Waals surface area contributed by atoms with E-state index in [1.165, 1.54) is 12.8 Å². The van der Waals surface area contributed by atoms with Crippen LogP contribution in [0.5, 0.6) is 0 Å². The summed E-state index contributed by atoms with van der Waals surface area (Å²) in [4.78, 5) is 6.67. The highest BCUT2D eigenvalue weighted by molar-refractivity contribution is 5.03. The Morgan fingerprint density at radius 1 is 1.41 bits per heavy atom. The topological polar surface area (TPSA) is 62.4 Å². The van der Waals surface area contributed by atoms with Gasteiger partial charge in [0.15, 0.2) is 5.82 Å². The first-order valence-corrected chi connectivity index (χ1v) is 6.45. The quantitative estimate of drug-likeness (QED) is 0.851. The maximum atomic E-state index is 9.38. The van der Waals surface area contributed by atoms with Crippen LogP contribution in [-0.2, 0) is 6.54 Å². The third-order valence-electron chi connectivity index (χ3n) is 3.95. The number of aromatic nitrogens is 2. The lowest BCUT2D eigenvalue weighted by atomic mass is 10.0. The van der Waals surface area contributed by atoms with Crippen LogP contribution in [0.15, 0.2) is 4.52 Å². The van der Waals surface area contributed by atoms with Crippen LogP contribution in [0.4, 0.5) is 0 Å². The molecule has 1 N–H and O–H groups in total. The highest BCUT2D eigenvalue weighted by Crippen LogP contribution is 2.38. The third-order valence-corrected chi connectivity index (χ3v) is 3.95. The van der Waals surface area contributed by atoms with Gasteiger partial charge in [0.05, 0.1) is 13.2 Å². The predicted octanol–water partition coefficient (Wildman–Crippen LogP) is 1.15. The lowest BCUT2D eigenvalue weighted by Gasteiger charge is -2.23. The lowest BCUT2D eigenvalue weighted by Crippen LogP contribution is -2.34. The first-order valence-electron chi connectivity index (χ1n) is 6.45. The summed E-state index contributed by atoms with van der Waals surface area (Å²) in [6.45, 7) is 4.08. The summed E-state index contributed by atoms with van der Waals surface area (Å²) in [6, 6.07) is 0.242. The Hall–Kier alpha value is -0.940. The summed E-state index contributed by atoms with van der Waals surface area (Å²) in [6.07, 6.45) is 3.52. The molecule has 94 valence electrons. The molecule has 2 heterocycles. The van der Waals surface area contributed by atoms with E-state index in [1.54, 1.807) is 0 Å². The number of likely N-dealkylation sites (tertiary alicyclic amines) is 1. The molecule has 2 unspecified atom stereocenters. The number of hydrogen-bond donors (Lipinski definition) is 1. The van der Waals surface area contributed by atoms with Gasteiger partial charge < -0.3 is 9.63 Å². The average molecular weight is 237 g/mol. The molecule has 1 aliphatic heterocycles.